The molecule has 268 valence electrons. The Labute approximate surface area is 289 Å². The normalized spacial score (nSPS) is 12.6. The average Bonchev–Trinajstić information content (AvgIpc) is 3.10. The molecule has 2 aromatic carbocycles. The number of carbonyl (C=O) groups is 5. The zero-order valence-corrected chi connectivity index (χ0v) is 29.8. The minimum Gasteiger partial charge on any atom is -0.463 e. The lowest BCUT2D eigenvalue weighted by atomic mass is 10.0. The number of carbonyl (C=O) groups excluding carboxylic acids is 5. The number of nitrogens with one attached hydrogen (secondary N) is 2. The zero-order valence-electron chi connectivity index (χ0n) is 29.8. The van der Waals surface area contributed by atoms with Crippen LogP contribution in [0.2, 0.25) is 0 Å². The number of ether oxygens (including phenoxy) is 3. The first-order chi connectivity index (χ1) is 23.2. The van der Waals surface area contributed by atoms with Crippen LogP contribution < -0.4 is 16.6 Å². The Bertz CT molecular complexity index is 1470. The largest absolute Gasteiger partial charge is 0.463 e. The molecule has 2 rings (SSSR count). The van der Waals surface area contributed by atoms with Crippen molar-refractivity contribution < 1.29 is 38.2 Å². The summed E-state index contributed by atoms with van der Waals surface area (Å²) in [5.74, 6) is -2.09. The summed E-state index contributed by atoms with van der Waals surface area (Å²) in [6.45, 7) is 15.0. The topological polar surface area (TPSA) is 188 Å². The second kappa shape index (κ2) is 22.6. The molecule has 0 aliphatic heterocycles. The molecule has 4 N–H and O–H groups in total. The molecule has 0 aliphatic carbocycles. The molecule has 2 aromatic rings. The molecule has 2 atom stereocenters. The van der Waals surface area contributed by atoms with Gasteiger partial charge in [-0.05, 0) is 82.3 Å². The van der Waals surface area contributed by atoms with Crippen molar-refractivity contribution in [3.8, 4) is 0 Å². The molecule has 0 aliphatic rings. The second-order valence-electron chi connectivity index (χ2n) is 11.4. The van der Waals surface area contributed by atoms with E-state index in [1.54, 1.807) is 33.8 Å². The number of amides is 3. The molecule has 0 spiro atoms. The van der Waals surface area contributed by atoms with E-state index in [9.17, 15) is 24.0 Å². The highest BCUT2D eigenvalue weighted by molar-refractivity contribution is 5.99. The van der Waals surface area contributed by atoms with Gasteiger partial charge in [0.15, 0.2) is 0 Å². The highest BCUT2D eigenvalue weighted by atomic mass is 16.6. The number of nitrogens with two attached hydrogens (primary N) is 1. The van der Waals surface area contributed by atoms with Crippen LogP contribution in [0.5, 0.6) is 0 Å². The quantitative estimate of drug-likeness (QED) is 0.108. The smallest absolute Gasteiger partial charge is 0.306 e. The fourth-order valence-electron chi connectivity index (χ4n) is 3.90. The number of hydrogen-bond acceptors (Lipinski definition) is 10. The maximum atomic E-state index is 12.4. The fraction of sp³-hybridized carbons (Fsp3) is 0.472. The van der Waals surface area contributed by atoms with Crippen molar-refractivity contribution in [1.29, 1.82) is 0 Å². The highest BCUT2D eigenvalue weighted by Gasteiger charge is 2.15. The molecule has 13 heteroatoms. The third-order valence-corrected chi connectivity index (χ3v) is 6.73. The van der Waals surface area contributed by atoms with Gasteiger partial charge < -0.3 is 19.9 Å². The minimum absolute atomic E-state index is 0.00573. The van der Waals surface area contributed by atoms with Gasteiger partial charge in [-0.1, -0.05) is 45.9 Å². The molecule has 0 bridgehead atoms. The lowest BCUT2D eigenvalue weighted by Gasteiger charge is -2.18. The highest BCUT2D eigenvalue weighted by Crippen LogP contribution is 2.15. The van der Waals surface area contributed by atoms with Gasteiger partial charge in [0, 0.05) is 28.1 Å². The van der Waals surface area contributed by atoms with Crippen LogP contribution in [-0.4, -0.2) is 66.5 Å². The van der Waals surface area contributed by atoms with Gasteiger partial charge in [-0.15, -0.1) is 0 Å². The standard InChI is InChI=1S/C34H45N5O8.C2H6/c1-21(2)26-9-7-11-28(17-26)33(43)38-37-23(4)14-16-31(41)47-25(6)20-45-24(5)19-46-30(40)15-13-22(3)36-39-34(44)29-12-8-10-27(18-29)32(35)42;1-2/h7-12,17-18,21,24-25H,13-16,19-20H2,1-6H3,(H2,35,42)(H,38,43)(H,39,44);1-2H3/b36-22+,37-23+;. The molecular weight excluding hydrogens is 630 g/mol. The number of hydrogen-bond donors (Lipinski definition) is 3. The summed E-state index contributed by atoms with van der Waals surface area (Å²) in [5.41, 5.74) is 13.2. The molecule has 2 unspecified atom stereocenters. The maximum Gasteiger partial charge on any atom is 0.306 e. The van der Waals surface area contributed by atoms with E-state index in [0.717, 1.165) is 5.56 Å². The van der Waals surface area contributed by atoms with Crippen LogP contribution in [0.3, 0.4) is 0 Å². The molecule has 0 radical (unpaired) electrons. The van der Waals surface area contributed by atoms with Crippen LogP contribution in [0.25, 0.3) is 0 Å². The Kier molecular flexibility index (Phi) is 19.4. The summed E-state index contributed by atoms with van der Waals surface area (Å²) in [6.07, 6.45) is -0.276. The van der Waals surface area contributed by atoms with Crippen LogP contribution in [0, 0.1) is 0 Å². The lowest BCUT2D eigenvalue weighted by molar-refractivity contribution is -0.154. The molecule has 0 saturated carbocycles. The Morgan fingerprint density at radius 2 is 1.20 bits per heavy atom. The monoisotopic (exact) mass is 681 g/mol. The molecular formula is C36H51N5O8. The Hall–Kier alpha value is -4.91. The van der Waals surface area contributed by atoms with Gasteiger partial charge in [-0.3, -0.25) is 24.0 Å². The van der Waals surface area contributed by atoms with Gasteiger partial charge in [-0.2, -0.15) is 10.2 Å². The van der Waals surface area contributed by atoms with Crippen molar-refractivity contribution in [1.82, 2.24) is 10.9 Å². The molecule has 49 heavy (non-hydrogen) atoms. The summed E-state index contributed by atoms with van der Waals surface area (Å²) in [7, 11) is 0. The van der Waals surface area contributed by atoms with E-state index in [-0.39, 0.29) is 49.5 Å². The Morgan fingerprint density at radius 3 is 1.76 bits per heavy atom. The van der Waals surface area contributed by atoms with E-state index in [1.165, 1.54) is 24.3 Å². The Morgan fingerprint density at radius 1 is 0.694 bits per heavy atom. The van der Waals surface area contributed by atoms with Crippen LogP contribution in [0.1, 0.15) is 124 Å². The van der Waals surface area contributed by atoms with E-state index < -0.39 is 36.0 Å². The van der Waals surface area contributed by atoms with Crippen molar-refractivity contribution in [2.75, 3.05) is 13.2 Å². The minimum atomic E-state index is -0.646. The number of rotatable bonds is 18. The van der Waals surface area contributed by atoms with Crippen molar-refractivity contribution in [2.45, 2.75) is 99.2 Å². The van der Waals surface area contributed by atoms with Crippen LogP contribution in [-0.2, 0) is 23.8 Å². The molecule has 0 saturated heterocycles. The molecule has 0 fully saturated rings. The van der Waals surface area contributed by atoms with Crippen LogP contribution >= 0.6 is 0 Å². The van der Waals surface area contributed by atoms with Gasteiger partial charge >= 0.3 is 11.9 Å². The summed E-state index contributed by atoms with van der Waals surface area (Å²) < 4.78 is 16.3. The first kappa shape index (κ1) is 42.1. The predicted molar refractivity (Wildman–Crippen MR) is 188 cm³/mol. The number of primary amides is 1. The third-order valence-electron chi connectivity index (χ3n) is 6.73. The molecule has 13 nitrogen and oxygen atoms in total. The maximum absolute atomic E-state index is 12.4. The summed E-state index contributed by atoms with van der Waals surface area (Å²) in [4.78, 5) is 60.4. The van der Waals surface area contributed by atoms with Gasteiger partial charge in [0.1, 0.15) is 12.7 Å². The lowest BCUT2D eigenvalue weighted by Crippen LogP contribution is -2.26. The van der Waals surface area contributed by atoms with Gasteiger partial charge in [0.2, 0.25) is 5.91 Å². The molecule has 3 amide bonds. The summed E-state index contributed by atoms with van der Waals surface area (Å²) in [5, 5.41) is 8.06. The Balaban J connectivity index is 0.00000589. The van der Waals surface area contributed by atoms with Crippen molar-refractivity contribution in [2.24, 2.45) is 15.9 Å². The fourth-order valence-corrected chi connectivity index (χ4v) is 3.90. The number of nitrogens with zero attached hydrogens (tertiary/aromatic N) is 2. The zero-order chi connectivity index (χ0) is 36.9. The van der Waals surface area contributed by atoms with Gasteiger partial charge in [0.25, 0.3) is 11.8 Å². The number of hydrazone groups is 2. The summed E-state index contributed by atoms with van der Waals surface area (Å²) >= 11 is 0. The van der Waals surface area contributed by atoms with E-state index >= 15 is 0 Å². The van der Waals surface area contributed by atoms with E-state index in [1.807, 2.05) is 32.0 Å². The average molecular weight is 682 g/mol. The van der Waals surface area contributed by atoms with E-state index in [0.29, 0.717) is 29.3 Å². The van der Waals surface area contributed by atoms with Crippen molar-refractivity contribution >= 4 is 41.1 Å². The van der Waals surface area contributed by atoms with E-state index in [2.05, 4.69) is 34.9 Å². The van der Waals surface area contributed by atoms with Crippen LogP contribution in [0.15, 0.2) is 58.7 Å². The van der Waals surface area contributed by atoms with E-state index in [4.69, 9.17) is 19.9 Å². The number of benzene rings is 2. The second-order valence-corrected chi connectivity index (χ2v) is 11.4. The predicted octanol–water partition coefficient (Wildman–Crippen LogP) is 5.29. The van der Waals surface area contributed by atoms with Gasteiger partial charge in [0.05, 0.1) is 25.6 Å². The SMILES string of the molecule is C/C(CCC(=O)OCC(C)OCC(C)OC(=O)CC/C(C)=N/NC(=O)c1cccc(C(C)C)c1)=N\NC(=O)c1cccc(C(N)=O)c1.CC. The van der Waals surface area contributed by atoms with Crippen molar-refractivity contribution in [3.05, 3.63) is 70.8 Å². The number of esters is 2. The molecule has 0 aromatic heterocycles. The van der Waals surface area contributed by atoms with Crippen molar-refractivity contribution in [3.63, 3.8) is 0 Å². The first-order valence-electron chi connectivity index (χ1n) is 16.4. The molecule has 0 heterocycles. The van der Waals surface area contributed by atoms with Crippen LogP contribution in [0.4, 0.5) is 0 Å². The third kappa shape index (κ3) is 17.2. The summed E-state index contributed by atoms with van der Waals surface area (Å²) in [6, 6.07) is 13.3. The first-order valence-corrected chi connectivity index (χ1v) is 16.4. The van der Waals surface area contributed by atoms with Gasteiger partial charge in [-0.25, -0.2) is 10.9 Å².